The number of rotatable bonds is 4. The van der Waals surface area contributed by atoms with Gasteiger partial charge in [0.25, 0.3) is 11.7 Å². The van der Waals surface area contributed by atoms with E-state index < -0.39 is 23.5 Å². The summed E-state index contributed by atoms with van der Waals surface area (Å²) in [5.41, 5.74) is 0.421. The van der Waals surface area contributed by atoms with Gasteiger partial charge in [-0.25, -0.2) is 4.39 Å². The number of aliphatic hydroxyl groups excluding tert-OH is 1. The summed E-state index contributed by atoms with van der Waals surface area (Å²) >= 11 is 0. The Bertz CT molecular complexity index is 874. The molecule has 1 amide bonds. The first-order valence-corrected chi connectivity index (χ1v) is 7.75. The van der Waals surface area contributed by atoms with E-state index in [1.165, 1.54) is 29.2 Å². The number of carbonyl (C=O) groups is 2. The molecule has 1 N–H and O–H groups in total. The molecule has 0 bridgehead atoms. The lowest BCUT2D eigenvalue weighted by Gasteiger charge is -2.24. The molecule has 126 valence electrons. The Kier molecular flexibility index (Phi) is 4.48. The van der Waals surface area contributed by atoms with E-state index >= 15 is 0 Å². The Morgan fingerprint density at radius 2 is 1.76 bits per heavy atom. The molecule has 5 heteroatoms. The Balaban J connectivity index is 2.24. The number of carbonyl (C=O) groups excluding carboxylic acids is 2. The lowest BCUT2D eigenvalue weighted by Crippen LogP contribution is -2.30. The first-order valence-electron chi connectivity index (χ1n) is 7.75. The maximum absolute atomic E-state index is 14.4. The third-order valence-electron chi connectivity index (χ3n) is 4.11. The number of amides is 1. The molecule has 0 saturated carbocycles. The van der Waals surface area contributed by atoms with Gasteiger partial charge >= 0.3 is 0 Å². The summed E-state index contributed by atoms with van der Waals surface area (Å²) in [5.74, 6) is -2.50. The molecule has 1 unspecified atom stereocenters. The Hall–Kier alpha value is -3.21. The summed E-state index contributed by atoms with van der Waals surface area (Å²) in [6.45, 7) is 3.65. The zero-order valence-electron chi connectivity index (χ0n) is 13.4. The van der Waals surface area contributed by atoms with Gasteiger partial charge in [0.15, 0.2) is 0 Å². The van der Waals surface area contributed by atoms with Crippen molar-refractivity contribution in [2.75, 3.05) is 6.54 Å². The fraction of sp³-hybridized carbons (Fsp3) is 0.100. The van der Waals surface area contributed by atoms with Gasteiger partial charge in [-0.05, 0) is 6.07 Å². The summed E-state index contributed by atoms with van der Waals surface area (Å²) in [7, 11) is 0. The monoisotopic (exact) mass is 337 g/mol. The molecule has 0 spiro atoms. The molecule has 2 aromatic rings. The molecular weight excluding hydrogens is 321 g/mol. The van der Waals surface area contributed by atoms with Crippen molar-refractivity contribution in [3.63, 3.8) is 0 Å². The summed E-state index contributed by atoms with van der Waals surface area (Å²) in [6.07, 6.45) is 1.46. The Morgan fingerprint density at radius 3 is 2.40 bits per heavy atom. The van der Waals surface area contributed by atoms with Crippen LogP contribution in [0.3, 0.4) is 0 Å². The van der Waals surface area contributed by atoms with Gasteiger partial charge in [-0.3, -0.25) is 9.59 Å². The highest BCUT2D eigenvalue weighted by atomic mass is 19.1. The zero-order valence-corrected chi connectivity index (χ0v) is 13.4. The van der Waals surface area contributed by atoms with Crippen LogP contribution in [0.25, 0.3) is 5.76 Å². The highest BCUT2D eigenvalue weighted by Crippen LogP contribution is 2.40. The molecule has 2 aromatic carbocycles. The van der Waals surface area contributed by atoms with Gasteiger partial charge in [0.1, 0.15) is 11.6 Å². The molecule has 1 heterocycles. The SMILES string of the molecule is C=CCN1C(=O)C(=O)/C(=C(\O)c2ccccc2)C1c1ccccc1F. The second kappa shape index (κ2) is 6.73. The third kappa shape index (κ3) is 2.85. The van der Waals surface area contributed by atoms with Gasteiger partial charge in [-0.2, -0.15) is 0 Å². The largest absolute Gasteiger partial charge is 0.507 e. The minimum Gasteiger partial charge on any atom is -0.507 e. The van der Waals surface area contributed by atoms with Gasteiger partial charge < -0.3 is 10.0 Å². The number of Topliss-reactive ketones (excluding diaryl/α,β-unsaturated/α-hetero) is 1. The number of benzene rings is 2. The molecule has 0 aromatic heterocycles. The van der Waals surface area contributed by atoms with Crippen molar-refractivity contribution in [3.8, 4) is 0 Å². The average molecular weight is 337 g/mol. The van der Waals surface area contributed by atoms with Crippen molar-refractivity contribution in [1.82, 2.24) is 4.90 Å². The van der Waals surface area contributed by atoms with Crippen molar-refractivity contribution in [2.45, 2.75) is 6.04 Å². The van der Waals surface area contributed by atoms with E-state index in [1.807, 2.05) is 0 Å². The van der Waals surface area contributed by atoms with E-state index in [1.54, 1.807) is 36.4 Å². The number of aliphatic hydroxyl groups is 1. The van der Waals surface area contributed by atoms with E-state index in [0.29, 0.717) is 5.56 Å². The zero-order chi connectivity index (χ0) is 18.0. The smallest absolute Gasteiger partial charge is 0.295 e. The van der Waals surface area contributed by atoms with E-state index in [-0.39, 0.29) is 23.4 Å². The normalized spacial score (nSPS) is 19.2. The summed E-state index contributed by atoms with van der Waals surface area (Å²) in [6, 6.07) is 13.3. The van der Waals surface area contributed by atoms with Gasteiger partial charge in [0, 0.05) is 17.7 Å². The second-order valence-corrected chi connectivity index (χ2v) is 5.63. The van der Waals surface area contributed by atoms with E-state index in [2.05, 4.69) is 6.58 Å². The molecule has 1 atom stereocenters. The van der Waals surface area contributed by atoms with Crippen LogP contribution in [-0.4, -0.2) is 28.2 Å². The van der Waals surface area contributed by atoms with Crippen LogP contribution in [0.15, 0.2) is 72.8 Å². The minimum absolute atomic E-state index is 0.0646. The number of likely N-dealkylation sites (tertiary alicyclic amines) is 1. The van der Waals surface area contributed by atoms with Crippen LogP contribution in [0.5, 0.6) is 0 Å². The molecule has 0 radical (unpaired) electrons. The molecule has 4 nitrogen and oxygen atoms in total. The lowest BCUT2D eigenvalue weighted by atomic mass is 9.95. The van der Waals surface area contributed by atoms with Crippen molar-refractivity contribution < 1.29 is 19.1 Å². The molecule has 3 rings (SSSR count). The molecule has 1 saturated heterocycles. The van der Waals surface area contributed by atoms with Crippen molar-refractivity contribution >= 4 is 17.4 Å². The molecule has 1 aliphatic heterocycles. The fourth-order valence-electron chi connectivity index (χ4n) is 2.98. The van der Waals surface area contributed by atoms with Crippen LogP contribution >= 0.6 is 0 Å². The molecular formula is C20H16FNO3. The predicted molar refractivity (Wildman–Crippen MR) is 92.0 cm³/mol. The maximum atomic E-state index is 14.4. The first-order chi connectivity index (χ1) is 12.1. The van der Waals surface area contributed by atoms with Crippen molar-refractivity contribution in [1.29, 1.82) is 0 Å². The fourth-order valence-corrected chi connectivity index (χ4v) is 2.98. The maximum Gasteiger partial charge on any atom is 0.295 e. The highest BCUT2D eigenvalue weighted by molar-refractivity contribution is 6.46. The molecule has 1 aliphatic rings. The summed E-state index contributed by atoms with van der Waals surface area (Å²) in [5, 5.41) is 10.6. The number of halogens is 1. The third-order valence-corrected chi connectivity index (χ3v) is 4.11. The van der Waals surface area contributed by atoms with Crippen molar-refractivity contribution in [2.24, 2.45) is 0 Å². The number of hydrogen-bond acceptors (Lipinski definition) is 3. The van der Waals surface area contributed by atoms with Gasteiger partial charge in [-0.1, -0.05) is 54.6 Å². The quantitative estimate of drug-likeness (QED) is 0.402. The van der Waals surface area contributed by atoms with Gasteiger partial charge in [-0.15, -0.1) is 6.58 Å². The van der Waals surface area contributed by atoms with E-state index in [9.17, 15) is 19.1 Å². The second-order valence-electron chi connectivity index (χ2n) is 5.63. The minimum atomic E-state index is -1.00. The van der Waals surface area contributed by atoms with E-state index in [4.69, 9.17) is 0 Å². The first kappa shape index (κ1) is 16.6. The standard InChI is InChI=1S/C20H16FNO3/c1-2-12-22-17(14-10-6-7-11-15(14)21)16(19(24)20(22)25)18(23)13-8-4-3-5-9-13/h2-11,17,23H,1,12H2/b18-16-. The Morgan fingerprint density at radius 1 is 1.12 bits per heavy atom. The summed E-state index contributed by atoms with van der Waals surface area (Å²) in [4.78, 5) is 26.1. The van der Waals surface area contributed by atoms with Crippen LogP contribution in [0.1, 0.15) is 17.2 Å². The van der Waals surface area contributed by atoms with Crippen LogP contribution in [0, 0.1) is 5.82 Å². The number of nitrogens with zero attached hydrogens (tertiary/aromatic N) is 1. The van der Waals surface area contributed by atoms with Gasteiger partial charge in [0.05, 0.1) is 11.6 Å². The van der Waals surface area contributed by atoms with Crippen LogP contribution in [0.4, 0.5) is 4.39 Å². The van der Waals surface area contributed by atoms with Crippen molar-refractivity contribution in [3.05, 3.63) is 89.8 Å². The topological polar surface area (TPSA) is 57.6 Å². The average Bonchev–Trinajstić information content (AvgIpc) is 2.87. The van der Waals surface area contributed by atoms with Crippen LogP contribution in [-0.2, 0) is 9.59 Å². The molecule has 1 fully saturated rings. The van der Waals surface area contributed by atoms with Crippen LogP contribution in [0.2, 0.25) is 0 Å². The predicted octanol–water partition coefficient (Wildman–Crippen LogP) is 3.43. The molecule has 25 heavy (non-hydrogen) atoms. The molecule has 0 aliphatic carbocycles. The van der Waals surface area contributed by atoms with E-state index in [0.717, 1.165) is 0 Å². The van der Waals surface area contributed by atoms with Gasteiger partial charge in [0.2, 0.25) is 0 Å². The number of hydrogen-bond donors (Lipinski definition) is 1. The van der Waals surface area contributed by atoms with Crippen LogP contribution < -0.4 is 0 Å². The summed E-state index contributed by atoms with van der Waals surface area (Å²) < 4.78 is 14.4. The Labute approximate surface area is 144 Å². The lowest BCUT2D eigenvalue weighted by molar-refractivity contribution is -0.139. The highest BCUT2D eigenvalue weighted by Gasteiger charge is 2.46. The number of ketones is 1.